The molecule has 4 rings (SSSR count). The molecular weight excluding hydrogens is 492 g/mol. The second-order valence-electron chi connectivity index (χ2n) is 9.33. The van der Waals surface area contributed by atoms with Crippen LogP contribution in [-0.4, -0.2) is 72.4 Å². The van der Waals surface area contributed by atoms with Gasteiger partial charge in [0, 0.05) is 51.1 Å². The lowest BCUT2D eigenvalue weighted by molar-refractivity contribution is 0.00998. The van der Waals surface area contributed by atoms with Crippen LogP contribution in [0.15, 0.2) is 66.9 Å². The topological polar surface area (TPSA) is 98.2 Å². The highest BCUT2D eigenvalue weighted by molar-refractivity contribution is 6.33. The van der Waals surface area contributed by atoms with Gasteiger partial charge in [0.25, 0.3) is 5.91 Å². The Balaban J connectivity index is 1.54. The molecule has 1 saturated heterocycles. The highest BCUT2D eigenvalue weighted by Crippen LogP contribution is 2.37. The number of aliphatic hydroxyl groups is 2. The van der Waals surface area contributed by atoms with E-state index in [-0.39, 0.29) is 25.2 Å². The van der Waals surface area contributed by atoms with Crippen LogP contribution in [0.1, 0.15) is 34.6 Å². The number of piperazine rings is 1. The highest BCUT2D eigenvalue weighted by atomic mass is 35.5. The quantitative estimate of drug-likeness (QED) is 0.395. The van der Waals surface area contributed by atoms with Crippen molar-refractivity contribution < 1.29 is 19.7 Å². The van der Waals surface area contributed by atoms with Crippen molar-refractivity contribution >= 4 is 23.2 Å². The lowest BCUT2D eigenvalue weighted by atomic mass is 9.94. The second-order valence-corrected chi connectivity index (χ2v) is 9.73. The van der Waals surface area contributed by atoms with Crippen molar-refractivity contribution in [2.75, 3.05) is 51.3 Å². The van der Waals surface area contributed by atoms with Crippen molar-refractivity contribution in [1.82, 2.24) is 15.2 Å². The molecule has 1 aromatic heterocycles. The van der Waals surface area contributed by atoms with Crippen molar-refractivity contribution in [2.24, 2.45) is 0 Å². The molecule has 0 saturated carbocycles. The summed E-state index contributed by atoms with van der Waals surface area (Å²) in [5.74, 6) is 0.351. The van der Waals surface area contributed by atoms with Crippen molar-refractivity contribution in [3.63, 3.8) is 0 Å². The van der Waals surface area contributed by atoms with Gasteiger partial charge in [-0.1, -0.05) is 48.0 Å². The van der Waals surface area contributed by atoms with Gasteiger partial charge < -0.3 is 25.2 Å². The summed E-state index contributed by atoms with van der Waals surface area (Å²) in [5.41, 5.74) is 1.87. The Kier molecular flexibility index (Phi) is 8.66. The number of carbonyl (C=O) groups excluding carboxylic acids is 1. The fourth-order valence-corrected chi connectivity index (χ4v) is 4.99. The number of ether oxygens (including phenoxy) is 1. The first-order valence-electron chi connectivity index (χ1n) is 12.3. The molecule has 0 spiro atoms. The van der Waals surface area contributed by atoms with Gasteiger partial charge >= 0.3 is 0 Å². The van der Waals surface area contributed by atoms with Crippen LogP contribution in [0.4, 0.5) is 5.69 Å². The number of aliphatic hydroxyl groups excluding tert-OH is 1. The number of nitrogens with zero attached hydrogens (tertiary/aromatic N) is 3. The van der Waals surface area contributed by atoms with Crippen molar-refractivity contribution in [3.05, 3.63) is 88.7 Å². The van der Waals surface area contributed by atoms with Crippen LogP contribution < -0.4 is 15.0 Å². The third-order valence-corrected chi connectivity index (χ3v) is 6.92. The van der Waals surface area contributed by atoms with Gasteiger partial charge in [0.15, 0.2) is 0 Å². The average molecular weight is 525 g/mol. The number of rotatable bonds is 9. The monoisotopic (exact) mass is 524 g/mol. The van der Waals surface area contributed by atoms with E-state index >= 15 is 0 Å². The van der Waals surface area contributed by atoms with Gasteiger partial charge in [-0.3, -0.25) is 14.7 Å². The van der Waals surface area contributed by atoms with E-state index in [4.69, 9.17) is 21.4 Å². The van der Waals surface area contributed by atoms with Gasteiger partial charge in [-0.15, -0.1) is 0 Å². The maximum Gasteiger partial charge on any atom is 0.269 e. The first-order chi connectivity index (χ1) is 17.8. The zero-order valence-electron chi connectivity index (χ0n) is 21.1. The van der Waals surface area contributed by atoms with E-state index in [0.717, 1.165) is 17.8 Å². The fraction of sp³-hybridized carbons (Fsp3) is 0.357. The number of carbonyl (C=O) groups is 1. The Morgan fingerprint density at radius 2 is 1.97 bits per heavy atom. The predicted octanol–water partition coefficient (Wildman–Crippen LogP) is 3.24. The predicted molar refractivity (Wildman–Crippen MR) is 144 cm³/mol. The fourth-order valence-electron chi connectivity index (χ4n) is 4.71. The van der Waals surface area contributed by atoms with Gasteiger partial charge in [-0.25, -0.2) is 0 Å². The lowest BCUT2D eigenvalue weighted by Crippen LogP contribution is -2.52. The molecule has 1 fully saturated rings. The first-order valence-corrected chi connectivity index (χ1v) is 12.7. The molecule has 3 aromatic rings. The molecule has 1 aliphatic rings. The molecular formula is C28H33ClN4O4. The SMILES string of the molecule is CNC(=O)c1ccc([C@](C)(O)CN2CCN(c3ccc(OCCO)cc3Cl)[C@H](c3ccccc3)C2)cn1. The normalized spacial score (nSPS) is 17.8. The van der Waals surface area contributed by atoms with Crippen molar-refractivity contribution in [2.45, 2.75) is 18.6 Å². The van der Waals surface area contributed by atoms with E-state index in [1.165, 1.54) is 0 Å². The summed E-state index contributed by atoms with van der Waals surface area (Å²) in [6.07, 6.45) is 1.57. The molecule has 2 heterocycles. The first kappa shape index (κ1) is 26.9. The van der Waals surface area contributed by atoms with E-state index in [0.29, 0.717) is 41.7 Å². The maximum atomic E-state index is 11.8. The van der Waals surface area contributed by atoms with Gasteiger partial charge in [0.05, 0.1) is 23.4 Å². The summed E-state index contributed by atoms with van der Waals surface area (Å²) in [6, 6.07) is 19.2. The van der Waals surface area contributed by atoms with Gasteiger partial charge in [-0.05, 0) is 30.7 Å². The minimum absolute atomic E-state index is 0.0150. The minimum atomic E-state index is -1.15. The molecule has 9 heteroatoms. The number of hydrogen-bond acceptors (Lipinski definition) is 7. The Hall–Kier alpha value is -3.17. The Labute approximate surface area is 222 Å². The number of amides is 1. The van der Waals surface area contributed by atoms with Crippen molar-refractivity contribution in [1.29, 1.82) is 0 Å². The number of pyridine rings is 1. The molecule has 0 aliphatic carbocycles. The number of benzene rings is 2. The number of hydrogen-bond donors (Lipinski definition) is 3. The molecule has 1 aliphatic heterocycles. The van der Waals surface area contributed by atoms with Crippen LogP contribution >= 0.6 is 11.6 Å². The zero-order chi connectivity index (χ0) is 26.4. The van der Waals surface area contributed by atoms with Crippen LogP contribution in [0.2, 0.25) is 5.02 Å². The Bertz CT molecular complexity index is 1190. The molecule has 2 atom stereocenters. The van der Waals surface area contributed by atoms with Crippen LogP contribution in [0.25, 0.3) is 0 Å². The maximum absolute atomic E-state index is 11.8. The smallest absolute Gasteiger partial charge is 0.269 e. The number of β-amino-alcohol motifs (C(OH)–C–C–N with tert-alkyl or cyclic N) is 1. The molecule has 37 heavy (non-hydrogen) atoms. The van der Waals surface area contributed by atoms with Gasteiger partial charge in [0.2, 0.25) is 0 Å². The second kappa shape index (κ2) is 11.9. The van der Waals surface area contributed by atoms with E-state index in [2.05, 4.69) is 32.2 Å². The molecule has 3 N–H and O–H groups in total. The summed E-state index contributed by atoms with van der Waals surface area (Å²) in [4.78, 5) is 20.6. The zero-order valence-corrected chi connectivity index (χ0v) is 21.9. The van der Waals surface area contributed by atoms with E-state index in [9.17, 15) is 9.90 Å². The summed E-state index contributed by atoms with van der Waals surface area (Å²) < 4.78 is 5.51. The summed E-state index contributed by atoms with van der Waals surface area (Å²) in [6.45, 7) is 4.45. The lowest BCUT2D eigenvalue weighted by Gasteiger charge is -2.45. The van der Waals surface area contributed by atoms with Gasteiger partial charge in [0.1, 0.15) is 23.7 Å². The minimum Gasteiger partial charge on any atom is -0.491 e. The molecule has 2 aromatic carbocycles. The molecule has 0 radical (unpaired) electrons. The third-order valence-electron chi connectivity index (χ3n) is 6.61. The van der Waals surface area contributed by atoms with E-state index in [1.807, 2.05) is 30.3 Å². The highest BCUT2D eigenvalue weighted by Gasteiger charge is 2.34. The third kappa shape index (κ3) is 6.40. The summed E-state index contributed by atoms with van der Waals surface area (Å²) >= 11 is 6.69. The number of aromatic nitrogens is 1. The molecule has 0 bridgehead atoms. The number of anilines is 1. The standard InChI is InChI=1S/C28H33ClN4O4/c1-28(36,21-8-10-24(31-17-21)27(35)30-2)19-32-12-13-33(26(18-32)20-6-4-3-5-7-20)25-11-9-22(16-23(25)29)37-15-14-34/h3-11,16-17,26,34,36H,12-15,18-19H2,1-2H3,(H,30,35)/t26-,28+/m0/s1. The average Bonchev–Trinajstić information content (AvgIpc) is 2.92. The van der Waals surface area contributed by atoms with Crippen LogP contribution in [0.3, 0.4) is 0 Å². The summed E-state index contributed by atoms with van der Waals surface area (Å²) in [7, 11) is 1.56. The van der Waals surface area contributed by atoms with E-state index in [1.54, 1.807) is 38.4 Å². The number of nitrogens with one attached hydrogen (secondary N) is 1. The Morgan fingerprint density at radius 1 is 1.19 bits per heavy atom. The molecule has 196 valence electrons. The van der Waals surface area contributed by atoms with Crippen molar-refractivity contribution in [3.8, 4) is 5.75 Å². The van der Waals surface area contributed by atoms with E-state index < -0.39 is 5.60 Å². The summed E-state index contributed by atoms with van der Waals surface area (Å²) in [5, 5.41) is 23.5. The molecule has 8 nitrogen and oxygen atoms in total. The number of halogens is 1. The van der Waals surface area contributed by atoms with Gasteiger partial charge in [-0.2, -0.15) is 0 Å². The van der Waals surface area contributed by atoms with Crippen LogP contribution in [-0.2, 0) is 5.60 Å². The largest absolute Gasteiger partial charge is 0.491 e. The van der Waals surface area contributed by atoms with Crippen LogP contribution in [0.5, 0.6) is 5.75 Å². The Morgan fingerprint density at radius 3 is 2.62 bits per heavy atom. The molecule has 0 unspecified atom stereocenters. The van der Waals surface area contributed by atoms with Crippen LogP contribution in [0, 0.1) is 0 Å². The molecule has 1 amide bonds.